The Morgan fingerprint density at radius 3 is 1.33 bits per heavy atom. The van der Waals surface area contributed by atoms with Gasteiger partial charge in [-0.1, -0.05) is 64.1 Å². The van der Waals surface area contributed by atoms with E-state index in [1.54, 1.807) is 0 Å². The van der Waals surface area contributed by atoms with Crippen LogP contribution >= 0.6 is 0 Å². The number of benzene rings is 3. The smallest absolute Gasteiger partial charge is 0.193 e. The van der Waals surface area contributed by atoms with E-state index < -0.39 is 0 Å². The zero-order valence-corrected chi connectivity index (χ0v) is 16.4. The molecule has 2 nitrogen and oxygen atoms in total. The van der Waals surface area contributed by atoms with Crippen LogP contribution < -0.4 is 4.74 Å². The standard InChI is InChI=1S/C25H26O2/c1-17(2)19-5-7-21(8-6-19)25(26)22-11-15-24(16-12-22)27-23-13-9-20(10-14-23)18(3)4/h5-18H,1-4H3. The van der Waals surface area contributed by atoms with E-state index in [-0.39, 0.29) is 5.78 Å². The first-order valence-electron chi connectivity index (χ1n) is 9.46. The average Bonchev–Trinajstić information content (AvgIpc) is 2.68. The molecule has 0 aliphatic carbocycles. The van der Waals surface area contributed by atoms with Crippen molar-refractivity contribution in [2.45, 2.75) is 39.5 Å². The van der Waals surface area contributed by atoms with Crippen LogP contribution in [0.2, 0.25) is 0 Å². The zero-order valence-electron chi connectivity index (χ0n) is 16.4. The van der Waals surface area contributed by atoms with Gasteiger partial charge in [0.15, 0.2) is 5.78 Å². The number of ether oxygens (including phenoxy) is 1. The molecule has 0 bridgehead atoms. The number of ketones is 1. The molecule has 0 radical (unpaired) electrons. The fourth-order valence-electron chi connectivity index (χ4n) is 2.92. The molecule has 0 aliphatic heterocycles. The molecule has 2 heteroatoms. The fraction of sp³-hybridized carbons (Fsp3) is 0.240. The first-order chi connectivity index (χ1) is 12.9. The summed E-state index contributed by atoms with van der Waals surface area (Å²) in [6.45, 7) is 8.63. The van der Waals surface area contributed by atoms with E-state index in [1.165, 1.54) is 11.1 Å². The van der Waals surface area contributed by atoms with Gasteiger partial charge in [-0.05, 0) is 59.4 Å². The second-order valence-electron chi connectivity index (χ2n) is 7.46. The highest BCUT2D eigenvalue weighted by atomic mass is 16.5. The van der Waals surface area contributed by atoms with Gasteiger partial charge in [-0.15, -0.1) is 0 Å². The molecule has 138 valence electrons. The lowest BCUT2D eigenvalue weighted by atomic mass is 9.98. The molecule has 0 heterocycles. The molecule has 27 heavy (non-hydrogen) atoms. The summed E-state index contributed by atoms with van der Waals surface area (Å²) in [6.07, 6.45) is 0. The van der Waals surface area contributed by atoms with Gasteiger partial charge in [0.2, 0.25) is 0 Å². The molecule has 0 fully saturated rings. The number of carbonyl (C=O) groups is 1. The van der Waals surface area contributed by atoms with E-state index in [1.807, 2.05) is 60.7 Å². The summed E-state index contributed by atoms with van der Waals surface area (Å²) in [5.74, 6) is 2.50. The Hall–Kier alpha value is -2.87. The van der Waals surface area contributed by atoms with Crippen LogP contribution in [-0.2, 0) is 0 Å². The SMILES string of the molecule is CC(C)c1ccc(Oc2ccc(C(=O)c3ccc(C(C)C)cc3)cc2)cc1. The Balaban J connectivity index is 1.69. The van der Waals surface area contributed by atoms with Crippen molar-refractivity contribution in [3.05, 3.63) is 95.1 Å². The summed E-state index contributed by atoms with van der Waals surface area (Å²) >= 11 is 0. The van der Waals surface area contributed by atoms with Gasteiger partial charge in [0.25, 0.3) is 0 Å². The molecule has 0 saturated carbocycles. The Labute approximate surface area is 161 Å². The van der Waals surface area contributed by atoms with Crippen molar-refractivity contribution in [3.63, 3.8) is 0 Å². The highest BCUT2D eigenvalue weighted by Gasteiger charge is 2.10. The van der Waals surface area contributed by atoms with E-state index in [0.717, 1.165) is 11.5 Å². The van der Waals surface area contributed by atoms with Crippen molar-refractivity contribution < 1.29 is 9.53 Å². The van der Waals surface area contributed by atoms with Crippen LogP contribution in [0.5, 0.6) is 11.5 Å². The van der Waals surface area contributed by atoms with Crippen LogP contribution in [0.25, 0.3) is 0 Å². The normalized spacial score (nSPS) is 11.0. The maximum absolute atomic E-state index is 12.7. The highest BCUT2D eigenvalue weighted by Crippen LogP contribution is 2.25. The third-order valence-corrected chi connectivity index (χ3v) is 4.74. The van der Waals surface area contributed by atoms with Gasteiger partial charge in [0.1, 0.15) is 11.5 Å². The molecule has 0 spiro atoms. The topological polar surface area (TPSA) is 26.3 Å². The molecule has 0 aromatic heterocycles. The Kier molecular flexibility index (Phi) is 5.75. The monoisotopic (exact) mass is 358 g/mol. The lowest BCUT2D eigenvalue weighted by molar-refractivity contribution is 0.103. The van der Waals surface area contributed by atoms with Gasteiger partial charge in [-0.3, -0.25) is 4.79 Å². The first-order valence-corrected chi connectivity index (χ1v) is 9.46. The molecular weight excluding hydrogens is 332 g/mol. The van der Waals surface area contributed by atoms with Crippen LogP contribution in [0.4, 0.5) is 0 Å². The average molecular weight is 358 g/mol. The number of carbonyl (C=O) groups excluding carboxylic acids is 1. The summed E-state index contributed by atoms with van der Waals surface area (Å²) in [5, 5.41) is 0. The predicted octanol–water partition coefficient (Wildman–Crippen LogP) is 6.96. The molecule has 0 unspecified atom stereocenters. The maximum atomic E-state index is 12.7. The van der Waals surface area contributed by atoms with Gasteiger partial charge in [-0.2, -0.15) is 0 Å². The summed E-state index contributed by atoms with van der Waals surface area (Å²) in [7, 11) is 0. The molecular formula is C25H26O2. The minimum atomic E-state index is 0.0261. The summed E-state index contributed by atoms with van der Waals surface area (Å²) in [5.41, 5.74) is 3.89. The second kappa shape index (κ2) is 8.22. The lowest BCUT2D eigenvalue weighted by Crippen LogP contribution is -2.01. The minimum Gasteiger partial charge on any atom is -0.457 e. The van der Waals surface area contributed by atoms with Crippen molar-refractivity contribution in [3.8, 4) is 11.5 Å². The molecule has 3 aromatic rings. The predicted molar refractivity (Wildman–Crippen MR) is 111 cm³/mol. The summed E-state index contributed by atoms with van der Waals surface area (Å²) in [4.78, 5) is 12.7. The Morgan fingerprint density at radius 1 is 0.593 bits per heavy atom. The molecule has 0 amide bonds. The Morgan fingerprint density at radius 2 is 0.926 bits per heavy atom. The fourth-order valence-corrected chi connectivity index (χ4v) is 2.92. The molecule has 0 saturated heterocycles. The van der Waals surface area contributed by atoms with E-state index in [2.05, 4.69) is 39.8 Å². The third kappa shape index (κ3) is 4.65. The van der Waals surface area contributed by atoms with Gasteiger partial charge >= 0.3 is 0 Å². The van der Waals surface area contributed by atoms with Crippen molar-refractivity contribution in [2.75, 3.05) is 0 Å². The minimum absolute atomic E-state index is 0.0261. The molecule has 3 rings (SSSR count). The van der Waals surface area contributed by atoms with E-state index in [4.69, 9.17) is 4.74 Å². The zero-order chi connectivity index (χ0) is 19.4. The van der Waals surface area contributed by atoms with Gasteiger partial charge < -0.3 is 4.74 Å². The van der Waals surface area contributed by atoms with Gasteiger partial charge in [-0.25, -0.2) is 0 Å². The first kappa shape index (κ1) is 18.9. The van der Waals surface area contributed by atoms with Crippen molar-refractivity contribution in [1.29, 1.82) is 0 Å². The van der Waals surface area contributed by atoms with E-state index in [0.29, 0.717) is 23.0 Å². The largest absolute Gasteiger partial charge is 0.457 e. The lowest BCUT2D eigenvalue weighted by Gasteiger charge is -2.09. The molecule has 0 atom stereocenters. The second-order valence-corrected chi connectivity index (χ2v) is 7.46. The Bertz CT molecular complexity index is 887. The maximum Gasteiger partial charge on any atom is 0.193 e. The molecule has 0 N–H and O–H groups in total. The molecule has 3 aromatic carbocycles. The van der Waals surface area contributed by atoms with Crippen molar-refractivity contribution in [1.82, 2.24) is 0 Å². The van der Waals surface area contributed by atoms with Crippen molar-refractivity contribution in [2.24, 2.45) is 0 Å². The van der Waals surface area contributed by atoms with Crippen LogP contribution in [0.15, 0.2) is 72.8 Å². The summed E-state index contributed by atoms with van der Waals surface area (Å²) < 4.78 is 5.88. The van der Waals surface area contributed by atoms with Crippen LogP contribution in [0.3, 0.4) is 0 Å². The highest BCUT2D eigenvalue weighted by molar-refractivity contribution is 6.09. The van der Waals surface area contributed by atoms with E-state index >= 15 is 0 Å². The van der Waals surface area contributed by atoms with Gasteiger partial charge in [0, 0.05) is 11.1 Å². The number of hydrogen-bond acceptors (Lipinski definition) is 2. The molecule has 0 aliphatic rings. The third-order valence-electron chi connectivity index (χ3n) is 4.74. The van der Waals surface area contributed by atoms with Gasteiger partial charge in [0.05, 0.1) is 0 Å². The van der Waals surface area contributed by atoms with Crippen LogP contribution in [-0.4, -0.2) is 5.78 Å². The van der Waals surface area contributed by atoms with E-state index in [9.17, 15) is 4.79 Å². The van der Waals surface area contributed by atoms with Crippen LogP contribution in [0, 0.1) is 0 Å². The quantitative estimate of drug-likeness (QED) is 0.445. The van der Waals surface area contributed by atoms with Crippen molar-refractivity contribution >= 4 is 5.78 Å². The van der Waals surface area contributed by atoms with Crippen LogP contribution in [0.1, 0.15) is 66.6 Å². The number of rotatable bonds is 6. The number of hydrogen-bond donors (Lipinski definition) is 0. The summed E-state index contributed by atoms with van der Waals surface area (Å²) in [6, 6.07) is 23.3.